The van der Waals surface area contributed by atoms with E-state index in [1.165, 1.54) is 0 Å². The molecule has 7 nitrogen and oxygen atoms in total. The number of ether oxygens (including phenoxy) is 2. The van der Waals surface area contributed by atoms with Gasteiger partial charge in [0, 0.05) is 12.0 Å². The number of hydrogen-bond donors (Lipinski definition) is 1. The van der Waals surface area contributed by atoms with E-state index in [0.29, 0.717) is 24.5 Å². The van der Waals surface area contributed by atoms with Gasteiger partial charge in [0.05, 0.1) is 24.6 Å². The van der Waals surface area contributed by atoms with Crippen LogP contribution in [0.5, 0.6) is 11.5 Å². The second-order valence-electron chi connectivity index (χ2n) is 8.40. The molecule has 0 saturated carbocycles. The highest BCUT2D eigenvalue weighted by atomic mass is 32.2. The summed E-state index contributed by atoms with van der Waals surface area (Å²) in [5, 5.41) is 3.01. The number of aryl methyl sites for hydroxylation is 1. The molecule has 168 valence electrons. The van der Waals surface area contributed by atoms with Crippen LogP contribution in [0.3, 0.4) is 0 Å². The van der Waals surface area contributed by atoms with Crippen LogP contribution in [-0.2, 0) is 14.8 Å². The average molecular weight is 447 g/mol. The van der Waals surface area contributed by atoms with E-state index >= 15 is 0 Å². The predicted molar refractivity (Wildman–Crippen MR) is 121 cm³/mol. The summed E-state index contributed by atoms with van der Waals surface area (Å²) in [6, 6.07) is 12.4. The first-order chi connectivity index (χ1) is 14.5. The van der Waals surface area contributed by atoms with Crippen LogP contribution in [0.2, 0.25) is 0 Å². The quantitative estimate of drug-likeness (QED) is 0.703. The third-order valence-corrected chi connectivity index (χ3v) is 6.21. The standard InChI is InChI=1S/C23H30N2O5S/c1-6-29-20-10-8-7-9-19(20)25(31(5,27)28)15-22(26)24-18-14-23(3,4)30-21-13-16(2)11-12-17(18)21/h7-13,18H,6,14-15H2,1-5H3,(H,24,26)/t18-/m1/s1. The fourth-order valence-electron chi connectivity index (χ4n) is 3.78. The molecule has 0 fully saturated rings. The third-order valence-electron chi connectivity index (χ3n) is 5.08. The van der Waals surface area contributed by atoms with Crippen molar-refractivity contribution in [2.75, 3.05) is 23.7 Å². The van der Waals surface area contributed by atoms with E-state index in [1.807, 2.05) is 45.9 Å². The zero-order chi connectivity index (χ0) is 22.8. The number of benzene rings is 2. The van der Waals surface area contributed by atoms with Gasteiger partial charge in [0.15, 0.2) is 0 Å². The first kappa shape index (κ1) is 22.9. The van der Waals surface area contributed by atoms with Crippen LogP contribution in [0.25, 0.3) is 0 Å². The number of hydrogen-bond acceptors (Lipinski definition) is 5. The van der Waals surface area contributed by atoms with Crippen molar-refractivity contribution in [1.29, 1.82) is 0 Å². The molecule has 1 amide bonds. The monoisotopic (exact) mass is 446 g/mol. The lowest BCUT2D eigenvalue weighted by molar-refractivity contribution is -0.120. The van der Waals surface area contributed by atoms with Gasteiger partial charge in [-0.1, -0.05) is 24.3 Å². The van der Waals surface area contributed by atoms with Crippen molar-refractivity contribution in [2.45, 2.75) is 45.8 Å². The molecule has 3 rings (SSSR count). The minimum atomic E-state index is -3.72. The molecule has 1 aliphatic rings. The predicted octanol–water partition coefficient (Wildman–Crippen LogP) is 3.58. The number of nitrogens with zero attached hydrogens (tertiary/aromatic N) is 1. The highest BCUT2D eigenvalue weighted by molar-refractivity contribution is 7.92. The molecule has 0 radical (unpaired) electrons. The van der Waals surface area contributed by atoms with E-state index in [0.717, 1.165) is 27.4 Å². The SMILES string of the molecule is CCOc1ccccc1N(CC(=O)N[C@@H]1CC(C)(C)Oc2cc(C)ccc21)S(C)(=O)=O. The lowest BCUT2D eigenvalue weighted by atomic mass is 9.89. The Morgan fingerprint density at radius 1 is 1.26 bits per heavy atom. The molecule has 1 aliphatic heterocycles. The molecule has 2 aromatic rings. The Morgan fingerprint density at radius 3 is 2.65 bits per heavy atom. The van der Waals surface area contributed by atoms with E-state index in [2.05, 4.69) is 5.32 Å². The van der Waals surface area contributed by atoms with E-state index in [1.54, 1.807) is 24.3 Å². The number of carbonyl (C=O) groups is 1. The normalized spacial score (nSPS) is 17.3. The lowest BCUT2D eigenvalue weighted by Gasteiger charge is -2.38. The molecule has 0 aliphatic carbocycles. The van der Waals surface area contributed by atoms with Gasteiger partial charge in [0.1, 0.15) is 23.6 Å². The molecule has 2 aromatic carbocycles. The minimum absolute atomic E-state index is 0.282. The van der Waals surface area contributed by atoms with Gasteiger partial charge < -0.3 is 14.8 Å². The van der Waals surface area contributed by atoms with Gasteiger partial charge in [-0.15, -0.1) is 0 Å². The van der Waals surface area contributed by atoms with Crippen molar-refractivity contribution in [3.05, 3.63) is 53.6 Å². The Kier molecular flexibility index (Phi) is 6.50. The first-order valence-corrected chi connectivity index (χ1v) is 12.1. The van der Waals surface area contributed by atoms with Gasteiger partial charge in [0.25, 0.3) is 0 Å². The Hall–Kier alpha value is -2.74. The van der Waals surface area contributed by atoms with Crippen LogP contribution in [0, 0.1) is 6.92 Å². The summed E-state index contributed by atoms with van der Waals surface area (Å²) in [4.78, 5) is 13.0. The molecule has 0 spiro atoms. The fourth-order valence-corrected chi connectivity index (χ4v) is 4.64. The van der Waals surface area contributed by atoms with E-state index in [9.17, 15) is 13.2 Å². The average Bonchev–Trinajstić information content (AvgIpc) is 2.65. The van der Waals surface area contributed by atoms with Crippen LogP contribution in [0.4, 0.5) is 5.69 Å². The summed E-state index contributed by atoms with van der Waals surface area (Å²) in [6.45, 7) is 7.78. The first-order valence-electron chi connectivity index (χ1n) is 10.3. The summed E-state index contributed by atoms with van der Waals surface area (Å²) >= 11 is 0. The topological polar surface area (TPSA) is 84.9 Å². The Balaban J connectivity index is 1.86. The number of rotatable bonds is 7. The van der Waals surface area contributed by atoms with Crippen molar-refractivity contribution < 1.29 is 22.7 Å². The van der Waals surface area contributed by atoms with Crippen LogP contribution < -0.4 is 19.1 Å². The number of nitrogens with one attached hydrogen (secondary N) is 1. The molecule has 1 atom stereocenters. The maximum absolute atomic E-state index is 13.0. The van der Waals surface area contributed by atoms with E-state index in [-0.39, 0.29) is 12.6 Å². The van der Waals surface area contributed by atoms with Crippen molar-refractivity contribution in [1.82, 2.24) is 5.32 Å². The molecule has 0 saturated heterocycles. The van der Waals surface area contributed by atoms with Crippen LogP contribution >= 0.6 is 0 Å². The van der Waals surface area contributed by atoms with Gasteiger partial charge in [-0.3, -0.25) is 9.10 Å². The van der Waals surface area contributed by atoms with Gasteiger partial charge >= 0.3 is 0 Å². The zero-order valence-electron chi connectivity index (χ0n) is 18.6. The fraction of sp³-hybridized carbons (Fsp3) is 0.435. The summed E-state index contributed by atoms with van der Waals surface area (Å²) in [7, 11) is -3.72. The van der Waals surface area contributed by atoms with Gasteiger partial charge in [-0.2, -0.15) is 0 Å². The zero-order valence-corrected chi connectivity index (χ0v) is 19.5. The summed E-state index contributed by atoms with van der Waals surface area (Å²) in [5.41, 5.74) is 1.83. The summed E-state index contributed by atoms with van der Waals surface area (Å²) in [6.07, 6.45) is 1.65. The largest absolute Gasteiger partial charge is 0.492 e. The summed E-state index contributed by atoms with van der Waals surface area (Å²) in [5.74, 6) is 0.755. The number of amides is 1. The van der Waals surface area contributed by atoms with Crippen molar-refractivity contribution >= 4 is 21.6 Å². The Labute approximate surface area is 184 Å². The Bertz CT molecular complexity index is 1070. The highest BCUT2D eigenvalue weighted by Gasteiger charge is 2.35. The number of sulfonamides is 1. The molecule has 1 heterocycles. The number of fused-ring (bicyclic) bond motifs is 1. The highest BCUT2D eigenvalue weighted by Crippen LogP contribution is 2.40. The molecule has 0 bridgehead atoms. The molecule has 31 heavy (non-hydrogen) atoms. The molecule has 8 heteroatoms. The summed E-state index contributed by atoms with van der Waals surface area (Å²) < 4.78 is 37.8. The van der Waals surface area contributed by atoms with Crippen molar-refractivity contribution in [2.24, 2.45) is 0 Å². The molecule has 0 unspecified atom stereocenters. The lowest BCUT2D eigenvalue weighted by Crippen LogP contribution is -2.45. The molecular weight excluding hydrogens is 416 g/mol. The van der Waals surface area contributed by atoms with Crippen LogP contribution in [0.15, 0.2) is 42.5 Å². The number of anilines is 1. The maximum atomic E-state index is 13.0. The third kappa shape index (κ3) is 5.50. The van der Waals surface area contributed by atoms with Crippen LogP contribution in [0.1, 0.15) is 44.4 Å². The van der Waals surface area contributed by atoms with Gasteiger partial charge in [-0.05, 0) is 51.5 Å². The van der Waals surface area contributed by atoms with Crippen LogP contribution in [-0.4, -0.2) is 39.3 Å². The van der Waals surface area contributed by atoms with Gasteiger partial charge in [0.2, 0.25) is 15.9 Å². The molecule has 0 aromatic heterocycles. The van der Waals surface area contributed by atoms with E-state index in [4.69, 9.17) is 9.47 Å². The Morgan fingerprint density at radius 2 is 1.97 bits per heavy atom. The van der Waals surface area contributed by atoms with E-state index < -0.39 is 21.5 Å². The smallest absolute Gasteiger partial charge is 0.241 e. The van der Waals surface area contributed by atoms with Crippen molar-refractivity contribution in [3.8, 4) is 11.5 Å². The van der Waals surface area contributed by atoms with Gasteiger partial charge in [-0.25, -0.2) is 8.42 Å². The second-order valence-corrected chi connectivity index (χ2v) is 10.3. The maximum Gasteiger partial charge on any atom is 0.241 e. The molecular formula is C23H30N2O5S. The van der Waals surface area contributed by atoms with Crippen molar-refractivity contribution in [3.63, 3.8) is 0 Å². The second kappa shape index (κ2) is 8.78. The molecule has 1 N–H and O–H groups in total. The number of carbonyl (C=O) groups excluding carboxylic acids is 1. The minimum Gasteiger partial charge on any atom is -0.492 e. The number of para-hydroxylation sites is 2.